The summed E-state index contributed by atoms with van der Waals surface area (Å²) in [6.07, 6.45) is 6.37. The maximum absolute atomic E-state index is 12.2. The number of benzene rings is 1. The molecule has 0 radical (unpaired) electrons. The zero-order valence-corrected chi connectivity index (χ0v) is 12.9. The van der Waals surface area contributed by atoms with Crippen LogP contribution in [0, 0.1) is 5.92 Å². The van der Waals surface area contributed by atoms with Gasteiger partial charge >= 0.3 is 0 Å². The molecule has 0 heterocycles. The lowest BCUT2D eigenvalue weighted by atomic mass is 9.84. The van der Waals surface area contributed by atoms with Crippen molar-refractivity contribution >= 4 is 27.5 Å². The number of anilines is 1. The second-order valence-electron chi connectivity index (χ2n) is 5.40. The summed E-state index contributed by atoms with van der Waals surface area (Å²) in [6, 6.07) is 5.54. The van der Waals surface area contributed by atoms with Crippen LogP contribution in [0.15, 0.2) is 22.7 Å². The number of halogens is 1. The Bertz CT molecular complexity index is 455. The fourth-order valence-electron chi connectivity index (χ4n) is 2.71. The van der Waals surface area contributed by atoms with Gasteiger partial charge in [0, 0.05) is 21.8 Å². The van der Waals surface area contributed by atoms with E-state index >= 15 is 0 Å². The van der Waals surface area contributed by atoms with Crippen LogP contribution in [-0.2, 0) is 0 Å². The van der Waals surface area contributed by atoms with Gasteiger partial charge in [-0.1, -0.05) is 19.3 Å². The first-order valence-corrected chi connectivity index (χ1v) is 7.73. The molecule has 0 bridgehead atoms. The number of rotatable bonds is 3. The Hall–Kier alpha value is -1.03. The van der Waals surface area contributed by atoms with Gasteiger partial charge in [-0.25, -0.2) is 0 Å². The Balaban J connectivity index is 1.97. The Morgan fingerprint density at radius 2 is 2.05 bits per heavy atom. The first-order valence-electron chi connectivity index (χ1n) is 6.94. The molecule has 1 atom stereocenters. The molecule has 1 aliphatic carbocycles. The number of nitrogens with one attached hydrogen (secondary N) is 1. The summed E-state index contributed by atoms with van der Waals surface area (Å²) in [7, 11) is 0. The van der Waals surface area contributed by atoms with Crippen LogP contribution in [0.1, 0.15) is 49.4 Å². The first kappa shape index (κ1) is 14.4. The van der Waals surface area contributed by atoms with Crippen LogP contribution in [0.3, 0.4) is 0 Å². The molecule has 1 saturated carbocycles. The van der Waals surface area contributed by atoms with Gasteiger partial charge in [0.2, 0.25) is 0 Å². The predicted molar refractivity (Wildman–Crippen MR) is 82.1 cm³/mol. The van der Waals surface area contributed by atoms with Gasteiger partial charge in [-0.15, -0.1) is 0 Å². The van der Waals surface area contributed by atoms with E-state index in [1.54, 1.807) is 18.2 Å². The van der Waals surface area contributed by atoms with Gasteiger partial charge in [-0.05, 0) is 59.8 Å². The van der Waals surface area contributed by atoms with Crippen molar-refractivity contribution in [1.29, 1.82) is 0 Å². The molecule has 1 amide bonds. The Kier molecular flexibility index (Phi) is 4.86. The van der Waals surface area contributed by atoms with E-state index in [1.165, 1.54) is 32.1 Å². The van der Waals surface area contributed by atoms with Gasteiger partial charge in [0.05, 0.1) is 0 Å². The van der Waals surface area contributed by atoms with Crippen molar-refractivity contribution in [3.05, 3.63) is 28.2 Å². The van der Waals surface area contributed by atoms with Gasteiger partial charge in [0.15, 0.2) is 0 Å². The number of carbonyl (C=O) groups excluding carboxylic acids is 1. The molecule has 4 heteroatoms. The normalized spacial score (nSPS) is 18.0. The van der Waals surface area contributed by atoms with E-state index in [1.807, 2.05) is 0 Å². The second kappa shape index (κ2) is 6.42. The summed E-state index contributed by atoms with van der Waals surface area (Å²) >= 11 is 3.35. The van der Waals surface area contributed by atoms with Crippen molar-refractivity contribution in [2.45, 2.75) is 45.1 Å². The van der Waals surface area contributed by atoms with E-state index in [9.17, 15) is 4.79 Å². The zero-order valence-electron chi connectivity index (χ0n) is 11.3. The summed E-state index contributed by atoms with van der Waals surface area (Å²) in [5.74, 6) is 0.605. The summed E-state index contributed by atoms with van der Waals surface area (Å²) in [6.45, 7) is 2.11. The Morgan fingerprint density at radius 3 is 2.68 bits per heavy atom. The highest BCUT2D eigenvalue weighted by Crippen LogP contribution is 2.26. The molecule has 0 aliphatic heterocycles. The lowest BCUT2D eigenvalue weighted by molar-refractivity contribution is 0.0919. The minimum absolute atomic E-state index is 0.0150. The molecular formula is C15H21BrN2O. The van der Waals surface area contributed by atoms with E-state index in [0.29, 0.717) is 17.2 Å². The van der Waals surface area contributed by atoms with Gasteiger partial charge in [0.1, 0.15) is 0 Å². The third-order valence-electron chi connectivity index (χ3n) is 3.98. The standard InChI is InChI=1S/C15H21BrN2O/c1-10(11-5-3-2-4-6-11)18-15(19)12-7-8-14(17)13(16)9-12/h7-11H,2-6,17H2,1H3,(H,18,19)/t10-/m1/s1. The molecule has 1 aromatic rings. The second-order valence-corrected chi connectivity index (χ2v) is 6.25. The highest BCUT2D eigenvalue weighted by atomic mass is 79.9. The maximum Gasteiger partial charge on any atom is 0.251 e. The molecule has 0 spiro atoms. The number of nitrogens with two attached hydrogens (primary N) is 1. The molecule has 0 saturated heterocycles. The third kappa shape index (κ3) is 3.72. The summed E-state index contributed by atoms with van der Waals surface area (Å²) in [5.41, 5.74) is 7.03. The number of hydrogen-bond donors (Lipinski definition) is 2. The van der Waals surface area contributed by atoms with Crippen LogP contribution >= 0.6 is 15.9 Å². The Morgan fingerprint density at radius 1 is 1.37 bits per heavy atom. The van der Waals surface area contributed by atoms with Gasteiger partial charge in [0.25, 0.3) is 5.91 Å². The van der Waals surface area contributed by atoms with Gasteiger partial charge in [-0.2, -0.15) is 0 Å². The topological polar surface area (TPSA) is 55.1 Å². The highest BCUT2D eigenvalue weighted by Gasteiger charge is 2.21. The fourth-order valence-corrected chi connectivity index (χ4v) is 3.09. The smallest absolute Gasteiger partial charge is 0.251 e. The van der Waals surface area contributed by atoms with Crippen LogP contribution < -0.4 is 11.1 Å². The van der Waals surface area contributed by atoms with Gasteiger partial charge in [-0.3, -0.25) is 4.79 Å². The summed E-state index contributed by atoms with van der Waals surface area (Å²) in [4.78, 5) is 12.2. The molecule has 2 rings (SSSR count). The van der Waals surface area contributed by atoms with E-state index in [0.717, 1.165) is 4.47 Å². The molecule has 1 aliphatic rings. The van der Waals surface area contributed by atoms with Crippen molar-refractivity contribution in [2.75, 3.05) is 5.73 Å². The Labute approximate surface area is 123 Å². The fraction of sp³-hybridized carbons (Fsp3) is 0.533. The lowest BCUT2D eigenvalue weighted by Gasteiger charge is -2.28. The maximum atomic E-state index is 12.2. The SMILES string of the molecule is C[C@@H](NC(=O)c1ccc(N)c(Br)c1)C1CCCCC1. The summed E-state index contributed by atoms with van der Waals surface area (Å²) in [5, 5.41) is 3.11. The van der Waals surface area contributed by atoms with Crippen LogP contribution in [0.25, 0.3) is 0 Å². The quantitative estimate of drug-likeness (QED) is 0.832. The van der Waals surface area contributed by atoms with Crippen LogP contribution in [0.2, 0.25) is 0 Å². The predicted octanol–water partition coefficient (Wildman–Crippen LogP) is 3.73. The number of carbonyl (C=O) groups is 1. The first-order chi connectivity index (χ1) is 9.08. The highest BCUT2D eigenvalue weighted by molar-refractivity contribution is 9.10. The van der Waals surface area contributed by atoms with Crippen molar-refractivity contribution < 1.29 is 4.79 Å². The minimum Gasteiger partial charge on any atom is -0.398 e. The molecule has 0 aromatic heterocycles. The molecule has 104 valence electrons. The summed E-state index contributed by atoms with van der Waals surface area (Å²) < 4.78 is 0.769. The molecule has 1 fully saturated rings. The minimum atomic E-state index is -0.0150. The van der Waals surface area contributed by atoms with Crippen molar-refractivity contribution in [1.82, 2.24) is 5.32 Å². The van der Waals surface area contributed by atoms with E-state index in [2.05, 4.69) is 28.2 Å². The number of amides is 1. The average molecular weight is 325 g/mol. The zero-order chi connectivity index (χ0) is 13.8. The van der Waals surface area contributed by atoms with Gasteiger partial charge < -0.3 is 11.1 Å². The molecule has 0 unspecified atom stereocenters. The molecule has 19 heavy (non-hydrogen) atoms. The van der Waals surface area contributed by atoms with E-state index < -0.39 is 0 Å². The number of nitrogen functional groups attached to an aromatic ring is 1. The van der Waals surface area contributed by atoms with Crippen molar-refractivity contribution in [2.24, 2.45) is 5.92 Å². The van der Waals surface area contributed by atoms with Crippen LogP contribution in [-0.4, -0.2) is 11.9 Å². The van der Waals surface area contributed by atoms with Crippen molar-refractivity contribution in [3.8, 4) is 0 Å². The van der Waals surface area contributed by atoms with Crippen LogP contribution in [0.5, 0.6) is 0 Å². The van der Waals surface area contributed by atoms with E-state index in [-0.39, 0.29) is 11.9 Å². The monoisotopic (exact) mass is 324 g/mol. The van der Waals surface area contributed by atoms with Crippen LogP contribution in [0.4, 0.5) is 5.69 Å². The van der Waals surface area contributed by atoms with E-state index in [4.69, 9.17) is 5.73 Å². The molecule has 3 N–H and O–H groups in total. The van der Waals surface area contributed by atoms with Crippen molar-refractivity contribution in [3.63, 3.8) is 0 Å². The average Bonchev–Trinajstić information content (AvgIpc) is 2.42. The number of hydrogen-bond acceptors (Lipinski definition) is 2. The lowest BCUT2D eigenvalue weighted by Crippen LogP contribution is -2.38. The molecular weight excluding hydrogens is 304 g/mol. The largest absolute Gasteiger partial charge is 0.398 e. The third-order valence-corrected chi connectivity index (χ3v) is 4.67. The molecule has 3 nitrogen and oxygen atoms in total. The molecule has 1 aromatic carbocycles.